The molecule has 1 saturated heterocycles. The Morgan fingerprint density at radius 3 is 1.95 bits per heavy atom. The van der Waals surface area contributed by atoms with Crippen LogP contribution in [0.1, 0.15) is 41.5 Å². The minimum Gasteiger partial charge on any atom is -0.352 e. The molecule has 1 heterocycles. The van der Waals surface area contributed by atoms with E-state index in [0.29, 0.717) is 12.0 Å². The molecule has 1 amide bonds. The normalized spacial score (nSPS) is 19.9. The Morgan fingerprint density at radius 2 is 1.55 bits per heavy atom. The number of nitrogens with one attached hydrogen (secondary N) is 1. The van der Waals surface area contributed by atoms with Crippen molar-refractivity contribution in [1.29, 1.82) is 0 Å². The zero-order valence-electron chi connectivity index (χ0n) is 14.1. The summed E-state index contributed by atoms with van der Waals surface area (Å²) >= 11 is 0. The molecule has 20 heavy (non-hydrogen) atoms. The van der Waals surface area contributed by atoms with Gasteiger partial charge in [0.05, 0.1) is 0 Å². The van der Waals surface area contributed by atoms with Crippen LogP contribution in [0.25, 0.3) is 0 Å². The van der Waals surface area contributed by atoms with Crippen molar-refractivity contribution in [2.45, 2.75) is 53.6 Å². The SMILES string of the molecule is CC(C)C(=O)NC(CN1CCN(C(C)C)CC1)C(C)C. The number of hydrogen-bond acceptors (Lipinski definition) is 3. The van der Waals surface area contributed by atoms with Crippen LogP contribution in [0.5, 0.6) is 0 Å². The van der Waals surface area contributed by atoms with Gasteiger partial charge in [-0.3, -0.25) is 14.6 Å². The topological polar surface area (TPSA) is 35.6 Å². The van der Waals surface area contributed by atoms with Gasteiger partial charge in [0.25, 0.3) is 0 Å². The molecule has 0 aromatic heterocycles. The molecule has 1 atom stereocenters. The maximum absolute atomic E-state index is 11.9. The van der Waals surface area contributed by atoms with E-state index in [4.69, 9.17) is 0 Å². The highest BCUT2D eigenvalue weighted by atomic mass is 16.1. The van der Waals surface area contributed by atoms with Gasteiger partial charge in [-0.25, -0.2) is 0 Å². The third-order valence-electron chi connectivity index (χ3n) is 4.25. The number of carbonyl (C=O) groups excluding carboxylic acids is 1. The van der Waals surface area contributed by atoms with E-state index in [0.717, 1.165) is 32.7 Å². The third kappa shape index (κ3) is 5.41. The molecule has 0 bridgehead atoms. The summed E-state index contributed by atoms with van der Waals surface area (Å²) in [6.45, 7) is 18.3. The second-order valence-corrected chi connectivity index (χ2v) is 6.94. The number of hydrogen-bond donors (Lipinski definition) is 1. The first kappa shape index (κ1) is 17.4. The van der Waals surface area contributed by atoms with E-state index in [1.54, 1.807) is 0 Å². The number of nitrogens with zero attached hydrogens (tertiary/aromatic N) is 2. The third-order valence-corrected chi connectivity index (χ3v) is 4.25. The summed E-state index contributed by atoms with van der Waals surface area (Å²) < 4.78 is 0. The van der Waals surface area contributed by atoms with Gasteiger partial charge in [-0.05, 0) is 19.8 Å². The molecule has 1 aliphatic heterocycles. The van der Waals surface area contributed by atoms with Crippen LogP contribution in [0.15, 0.2) is 0 Å². The highest BCUT2D eigenvalue weighted by Gasteiger charge is 2.24. The average Bonchev–Trinajstić information content (AvgIpc) is 2.38. The number of carbonyl (C=O) groups is 1. The first-order valence-corrected chi connectivity index (χ1v) is 8.08. The van der Waals surface area contributed by atoms with E-state index in [1.807, 2.05) is 13.8 Å². The van der Waals surface area contributed by atoms with Gasteiger partial charge < -0.3 is 5.32 Å². The standard InChI is InChI=1S/C16H33N3O/c1-12(2)15(17-16(20)13(3)4)11-18-7-9-19(10-8-18)14(5)6/h12-15H,7-11H2,1-6H3,(H,17,20). The van der Waals surface area contributed by atoms with Crippen LogP contribution in [0.2, 0.25) is 0 Å². The molecule has 0 saturated carbocycles. The first-order chi connectivity index (χ1) is 9.31. The molecule has 0 aliphatic carbocycles. The molecule has 1 unspecified atom stereocenters. The van der Waals surface area contributed by atoms with E-state index in [1.165, 1.54) is 0 Å². The molecule has 0 aromatic carbocycles. The van der Waals surface area contributed by atoms with Gasteiger partial charge in [0, 0.05) is 50.7 Å². The smallest absolute Gasteiger partial charge is 0.222 e. The molecule has 4 heteroatoms. The Bertz CT molecular complexity index is 294. The van der Waals surface area contributed by atoms with Crippen LogP contribution >= 0.6 is 0 Å². The lowest BCUT2D eigenvalue weighted by Gasteiger charge is -2.39. The summed E-state index contributed by atoms with van der Waals surface area (Å²) in [5, 5.41) is 3.20. The Hall–Kier alpha value is -0.610. The lowest BCUT2D eigenvalue weighted by atomic mass is 10.0. The predicted octanol–water partition coefficient (Wildman–Crippen LogP) is 1.81. The number of amides is 1. The molecule has 0 spiro atoms. The van der Waals surface area contributed by atoms with Crippen LogP contribution < -0.4 is 5.32 Å². The monoisotopic (exact) mass is 283 g/mol. The van der Waals surface area contributed by atoms with Gasteiger partial charge in [0.15, 0.2) is 0 Å². The lowest BCUT2D eigenvalue weighted by molar-refractivity contribution is -0.125. The largest absolute Gasteiger partial charge is 0.352 e. The van der Waals surface area contributed by atoms with E-state index in [2.05, 4.69) is 42.8 Å². The summed E-state index contributed by atoms with van der Waals surface area (Å²) in [5.74, 6) is 0.708. The van der Waals surface area contributed by atoms with Gasteiger partial charge in [-0.1, -0.05) is 27.7 Å². The van der Waals surface area contributed by atoms with Gasteiger partial charge in [0.1, 0.15) is 0 Å². The highest BCUT2D eigenvalue weighted by Crippen LogP contribution is 2.10. The zero-order chi connectivity index (χ0) is 15.3. The van der Waals surface area contributed by atoms with E-state index < -0.39 is 0 Å². The fourth-order valence-corrected chi connectivity index (χ4v) is 2.51. The van der Waals surface area contributed by atoms with Crippen molar-refractivity contribution in [3.63, 3.8) is 0 Å². The molecular formula is C16H33N3O. The molecule has 118 valence electrons. The Kier molecular flexibility index (Phi) is 6.96. The minimum absolute atomic E-state index is 0.0639. The van der Waals surface area contributed by atoms with E-state index >= 15 is 0 Å². The van der Waals surface area contributed by atoms with Crippen LogP contribution in [0.3, 0.4) is 0 Å². The molecular weight excluding hydrogens is 250 g/mol. The summed E-state index contributed by atoms with van der Waals surface area (Å²) in [6.07, 6.45) is 0. The van der Waals surface area contributed by atoms with Crippen molar-refractivity contribution >= 4 is 5.91 Å². The predicted molar refractivity (Wildman–Crippen MR) is 84.8 cm³/mol. The van der Waals surface area contributed by atoms with Gasteiger partial charge >= 0.3 is 0 Å². The summed E-state index contributed by atoms with van der Waals surface area (Å²) in [6, 6.07) is 0.897. The van der Waals surface area contributed by atoms with Crippen molar-refractivity contribution in [3.8, 4) is 0 Å². The maximum atomic E-state index is 11.9. The zero-order valence-corrected chi connectivity index (χ0v) is 14.1. The molecule has 1 rings (SSSR count). The molecule has 0 aromatic rings. The van der Waals surface area contributed by atoms with Gasteiger partial charge in [-0.15, -0.1) is 0 Å². The molecule has 1 N–H and O–H groups in total. The van der Waals surface area contributed by atoms with E-state index in [-0.39, 0.29) is 17.9 Å². The molecule has 0 radical (unpaired) electrons. The van der Waals surface area contributed by atoms with Crippen molar-refractivity contribution in [1.82, 2.24) is 15.1 Å². The summed E-state index contributed by atoms with van der Waals surface area (Å²) in [5.41, 5.74) is 0. The van der Waals surface area contributed by atoms with Crippen molar-refractivity contribution < 1.29 is 4.79 Å². The quantitative estimate of drug-likeness (QED) is 0.807. The van der Waals surface area contributed by atoms with E-state index in [9.17, 15) is 4.79 Å². The van der Waals surface area contributed by atoms with Crippen LogP contribution in [-0.4, -0.2) is 60.5 Å². The molecule has 1 aliphatic rings. The molecule has 1 fully saturated rings. The Balaban J connectivity index is 2.45. The molecule has 4 nitrogen and oxygen atoms in total. The van der Waals surface area contributed by atoms with Crippen LogP contribution in [-0.2, 0) is 4.79 Å². The highest BCUT2D eigenvalue weighted by molar-refractivity contribution is 5.78. The summed E-state index contributed by atoms with van der Waals surface area (Å²) in [7, 11) is 0. The van der Waals surface area contributed by atoms with Crippen molar-refractivity contribution in [2.24, 2.45) is 11.8 Å². The Labute approximate surface area is 124 Å². The first-order valence-electron chi connectivity index (χ1n) is 8.08. The maximum Gasteiger partial charge on any atom is 0.222 e. The summed E-state index contributed by atoms with van der Waals surface area (Å²) in [4.78, 5) is 16.9. The minimum atomic E-state index is 0.0639. The van der Waals surface area contributed by atoms with Crippen molar-refractivity contribution in [3.05, 3.63) is 0 Å². The van der Waals surface area contributed by atoms with Crippen molar-refractivity contribution in [2.75, 3.05) is 32.7 Å². The number of rotatable bonds is 6. The van der Waals surface area contributed by atoms with Crippen LogP contribution in [0.4, 0.5) is 0 Å². The number of piperazine rings is 1. The Morgan fingerprint density at radius 1 is 1.00 bits per heavy atom. The fourth-order valence-electron chi connectivity index (χ4n) is 2.51. The van der Waals surface area contributed by atoms with Gasteiger partial charge in [0.2, 0.25) is 5.91 Å². The van der Waals surface area contributed by atoms with Gasteiger partial charge in [-0.2, -0.15) is 0 Å². The van der Waals surface area contributed by atoms with Crippen LogP contribution in [0, 0.1) is 11.8 Å². The fraction of sp³-hybridized carbons (Fsp3) is 0.938. The second kappa shape index (κ2) is 7.99. The second-order valence-electron chi connectivity index (χ2n) is 6.94. The average molecular weight is 283 g/mol. The lowest BCUT2D eigenvalue weighted by Crippen LogP contribution is -2.54.